The van der Waals surface area contributed by atoms with Crippen LogP contribution in [0, 0.1) is 0 Å². The van der Waals surface area contributed by atoms with Gasteiger partial charge in [-0.2, -0.15) is 0 Å². The summed E-state index contributed by atoms with van der Waals surface area (Å²) in [6.45, 7) is 1.89. The Kier molecular flexibility index (Phi) is 8.54. The zero-order chi connectivity index (χ0) is 14.8. The van der Waals surface area contributed by atoms with Gasteiger partial charge in [0.1, 0.15) is 0 Å². The third kappa shape index (κ3) is 7.65. The van der Waals surface area contributed by atoms with Gasteiger partial charge in [0.15, 0.2) is 0 Å². The van der Waals surface area contributed by atoms with Crippen LogP contribution in [0.1, 0.15) is 64.7 Å². The minimum Gasteiger partial charge on any atom is -0.460 e. The fourth-order valence-corrected chi connectivity index (χ4v) is 2.44. The van der Waals surface area contributed by atoms with Crippen molar-refractivity contribution in [3.8, 4) is 0 Å². The van der Waals surface area contributed by atoms with Crippen LogP contribution < -0.4 is 0 Å². The van der Waals surface area contributed by atoms with Gasteiger partial charge in [-0.3, -0.25) is 0 Å². The van der Waals surface area contributed by atoms with Crippen molar-refractivity contribution in [3.05, 3.63) is 12.2 Å². The Morgan fingerprint density at radius 3 is 2.20 bits per heavy atom. The van der Waals surface area contributed by atoms with Gasteiger partial charge in [-0.25, -0.2) is 4.79 Å². The molecule has 0 saturated carbocycles. The number of carbonyl (C=O) groups is 1. The quantitative estimate of drug-likeness (QED) is 0.671. The van der Waals surface area contributed by atoms with Crippen LogP contribution in [0.5, 0.6) is 0 Å². The van der Waals surface area contributed by atoms with Gasteiger partial charge in [0.05, 0.1) is 18.3 Å². The van der Waals surface area contributed by atoms with E-state index in [2.05, 4.69) is 0 Å². The van der Waals surface area contributed by atoms with Crippen LogP contribution in [-0.4, -0.2) is 34.5 Å². The van der Waals surface area contributed by atoms with Crippen molar-refractivity contribution < 1.29 is 19.7 Å². The fraction of sp³-hybridized carbons (Fsp3) is 0.812. The molecule has 0 radical (unpaired) electrons. The summed E-state index contributed by atoms with van der Waals surface area (Å²) >= 11 is 0. The summed E-state index contributed by atoms with van der Waals surface area (Å²) in [6, 6.07) is 0. The van der Waals surface area contributed by atoms with E-state index < -0.39 is 18.2 Å². The van der Waals surface area contributed by atoms with Crippen LogP contribution >= 0.6 is 0 Å². The van der Waals surface area contributed by atoms with Crippen molar-refractivity contribution in [2.45, 2.75) is 83.0 Å². The Labute approximate surface area is 121 Å². The lowest BCUT2D eigenvalue weighted by atomic mass is 10.0. The smallest absolute Gasteiger partial charge is 0.330 e. The molecule has 1 rings (SSSR count). The van der Waals surface area contributed by atoms with Crippen molar-refractivity contribution in [2.24, 2.45) is 0 Å². The van der Waals surface area contributed by atoms with Crippen molar-refractivity contribution in [1.29, 1.82) is 0 Å². The van der Waals surface area contributed by atoms with Gasteiger partial charge in [-0.15, -0.1) is 0 Å². The van der Waals surface area contributed by atoms with Crippen LogP contribution in [0.3, 0.4) is 0 Å². The molecule has 0 spiro atoms. The molecule has 0 fully saturated rings. The van der Waals surface area contributed by atoms with Gasteiger partial charge in [0.25, 0.3) is 0 Å². The largest absolute Gasteiger partial charge is 0.460 e. The van der Waals surface area contributed by atoms with E-state index in [1.54, 1.807) is 0 Å². The average molecular weight is 284 g/mol. The molecule has 2 N–H and O–H groups in total. The summed E-state index contributed by atoms with van der Waals surface area (Å²) < 4.78 is 5.22. The summed E-state index contributed by atoms with van der Waals surface area (Å²) in [5, 5.41) is 19.5. The van der Waals surface area contributed by atoms with Gasteiger partial charge >= 0.3 is 5.97 Å². The average Bonchev–Trinajstić information content (AvgIpc) is 2.41. The van der Waals surface area contributed by atoms with Crippen molar-refractivity contribution in [3.63, 3.8) is 0 Å². The molecule has 0 aliphatic carbocycles. The highest BCUT2D eigenvalue weighted by Gasteiger charge is 2.14. The molecule has 0 aromatic carbocycles. The van der Waals surface area contributed by atoms with Crippen LogP contribution in [0.25, 0.3) is 0 Å². The molecule has 3 atom stereocenters. The lowest BCUT2D eigenvalue weighted by molar-refractivity contribution is -0.142. The van der Waals surface area contributed by atoms with E-state index >= 15 is 0 Å². The lowest BCUT2D eigenvalue weighted by Crippen LogP contribution is -2.24. The lowest BCUT2D eigenvalue weighted by Gasteiger charge is -2.15. The second kappa shape index (κ2) is 9.94. The van der Waals surface area contributed by atoms with Crippen molar-refractivity contribution in [2.75, 3.05) is 0 Å². The number of aliphatic hydroxyl groups excluding tert-OH is 2. The van der Waals surface area contributed by atoms with Crippen molar-refractivity contribution >= 4 is 5.97 Å². The van der Waals surface area contributed by atoms with E-state index in [-0.39, 0.29) is 6.10 Å². The Balaban J connectivity index is 2.50. The number of cyclic esters (lactones) is 1. The van der Waals surface area contributed by atoms with Crippen LogP contribution in [-0.2, 0) is 9.53 Å². The molecule has 116 valence electrons. The van der Waals surface area contributed by atoms with E-state index in [4.69, 9.17) is 4.74 Å². The molecule has 4 nitrogen and oxygen atoms in total. The van der Waals surface area contributed by atoms with Gasteiger partial charge in [0.2, 0.25) is 0 Å². The Bertz CT molecular complexity index is 301. The summed E-state index contributed by atoms with van der Waals surface area (Å²) in [4.78, 5) is 11.5. The minimum atomic E-state index is -0.995. The Morgan fingerprint density at radius 2 is 1.55 bits per heavy atom. The monoisotopic (exact) mass is 284 g/mol. The molecule has 20 heavy (non-hydrogen) atoms. The standard InChI is InChI=1S/C16H28O4/c1-13-9-7-5-3-2-4-6-8-10-14(17)15(18)11-12-16(19)20-13/h11-15,17-18H,2-10H2,1H3/b12-11-/t13-,14+,15-/m1/s1. The molecule has 0 unspecified atom stereocenters. The minimum absolute atomic E-state index is 0.0953. The van der Waals surface area contributed by atoms with Gasteiger partial charge in [-0.1, -0.05) is 38.5 Å². The van der Waals surface area contributed by atoms with E-state index in [9.17, 15) is 15.0 Å². The van der Waals surface area contributed by atoms with Gasteiger partial charge < -0.3 is 14.9 Å². The highest BCUT2D eigenvalue weighted by molar-refractivity contribution is 5.82. The fourth-order valence-electron chi connectivity index (χ4n) is 2.44. The molecule has 0 aromatic heterocycles. The molecule has 1 aliphatic rings. The maximum absolute atomic E-state index is 11.5. The molecule has 0 bridgehead atoms. The third-order valence-corrected chi connectivity index (χ3v) is 3.75. The highest BCUT2D eigenvalue weighted by atomic mass is 16.5. The van der Waals surface area contributed by atoms with E-state index in [1.807, 2.05) is 6.92 Å². The predicted octanol–water partition coefficient (Wildman–Crippen LogP) is 2.72. The first-order valence-corrected chi connectivity index (χ1v) is 7.84. The van der Waals surface area contributed by atoms with Crippen LogP contribution in [0.15, 0.2) is 12.2 Å². The summed E-state index contributed by atoms with van der Waals surface area (Å²) in [5.74, 6) is -0.448. The first-order chi connectivity index (χ1) is 9.59. The van der Waals surface area contributed by atoms with Crippen LogP contribution in [0.4, 0.5) is 0 Å². The van der Waals surface area contributed by atoms with E-state index in [1.165, 1.54) is 37.8 Å². The highest BCUT2D eigenvalue weighted by Crippen LogP contribution is 2.14. The summed E-state index contributed by atoms with van der Waals surface area (Å²) in [6.07, 6.45) is 9.97. The van der Waals surface area contributed by atoms with Crippen molar-refractivity contribution in [1.82, 2.24) is 0 Å². The molecule has 4 heteroatoms. The maximum atomic E-state index is 11.5. The first-order valence-electron chi connectivity index (χ1n) is 7.84. The second-order valence-corrected chi connectivity index (χ2v) is 5.72. The number of aliphatic hydroxyl groups is 2. The zero-order valence-corrected chi connectivity index (χ0v) is 12.5. The molecule has 0 aromatic rings. The third-order valence-electron chi connectivity index (χ3n) is 3.75. The number of esters is 1. The summed E-state index contributed by atoms with van der Waals surface area (Å²) in [5.41, 5.74) is 0. The number of hydrogen-bond donors (Lipinski definition) is 2. The molecule has 1 aliphatic heterocycles. The number of rotatable bonds is 0. The molecular formula is C16H28O4. The zero-order valence-electron chi connectivity index (χ0n) is 12.5. The SMILES string of the molecule is C[C@@H]1CCCCCCCCC[C@H](O)[C@H](O)/C=C\C(=O)O1. The Morgan fingerprint density at radius 1 is 1.00 bits per heavy atom. The molecule has 1 heterocycles. The Hall–Kier alpha value is -0.870. The first kappa shape index (κ1) is 17.2. The molecular weight excluding hydrogens is 256 g/mol. The van der Waals surface area contributed by atoms with E-state index in [0.29, 0.717) is 6.42 Å². The van der Waals surface area contributed by atoms with Crippen LogP contribution in [0.2, 0.25) is 0 Å². The molecule has 0 amide bonds. The second-order valence-electron chi connectivity index (χ2n) is 5.72. The number of carbonyl (C=O) groups excluding carboxylic acids is 1. The number of hydrogen-bond acceptors (Lipinski definition) is 4. The van der Waals surface area contributed by atoms with Gasteiger partial charge in [-0.05, 0) is 32.3 Å². The normalized spacial score (nSPS) is 33.4. The topological polar surface area (TPSA) is 66.8 Å². The molecule has 0 saturated heterocycles. The summed E-state index contributed by atoms with van der Waals surface area (Å²) in [7, 11) is 0. The van der Waals surface area contributed by atoms with E-state index in [0.717, 1.165) is 25.7 Å². The predicted molar refractivity (Wildman–Crippen MR) is 78.3 cm³/mol. The van der Waals surface area contributed by atoms with Gasteiger partial charge in [0, 0.05) is 6.08 Å². The maximum Gasteiger partial charge on any atom is 0.330 e. The number of ether oxygens (including phenoxy) is 1.